The molecule has 29 heavy (non-hydrogen) atoms. The smallest absolute Gasteiger partial charge is 0.353 e. The van der Waals surface area contributed by atoms with Crippen molar-refractivity contribution in [3.8, 4) is 17.2 Å². The highest BCUT2D eigenvalue weighted by Crippen LogP contribution is 2.38. The summed E-state index contributed by atoms with van der Waals surface area (Å²) < 4.78 is 16.2. The van der Waals surface area contributed by atoms with E-state index in [1.165, 1.54) is 6.33 Å². The van der Waals surface area contributed by atoms with Crippen molar-refractivity contribution in [1.82, 2.24) is 9.97 Å². The van der Waals surface area contributed by atoms with Gasteiger partial charge in [0.25, 0.3) is 0 Å². The Balaban J connectivity index is 1.67. The molecular weight excluding hydrogens is 378 g/mol. The number of aromatic nitrogens is 2. The third kappa shape index (κ3) is 3.81. The van der Waals surface area contributed by atoms with Crippen molar-refractivity contribution in [2.75, 3.05) is 24.0 Å². The van der Waals surface area contributed by atoms with Crippen molar-refractivity contribution in [2.24, 2.45) is 0 Å². The van der Waals surface area contributed by atoms with Gasteiger partial charge in [0, 0.05) is 11.8 Å². The van der Waals surface area contributed by atoms with E-state index in [0.717, 1.165) is 0 Å². The second-order valence-corrected chi connectivity index (χ2v) is 5.92. The zero-order valence-electron chi connectivity index (χ0n) is 15.4. The van der Waals surface area contributed by atoms with Crippen molar-refractivity contribution in [3.63, 3.8) is 0 Å². The summed E-state index contributed by atoms with van der Waals surface area (Å²) in [6, 6.07) is 12.3. The summed E-state index contributed by atoms with van der Waals surface area (Å²) in [7, 11) is 0. The fourth-order valence-electron chi connectivity index (χ4n) is 2.82. The number of nitrogens with one attached hydrogen (secondary N) is 2. The van der Waals surface area contributed by atoms with Crippen LogP contribution in [0.4, 0.5) is 28.7 Å². The predicted octanol–water partition coefficient (Wildman–Crippen LogP) is 4.00. The molecule has 4 rings (SSSR count). The Kier molecular flexibility index (Phi) is 4.97. The van der Waals surface area contributed by atoms with Crippen LogP contribution in [0.1, 0.15) is 6.92 Å². The third-order valence-corrected chi connectivity index (χ3v) is 4.08. The number of hydrogen-bond donors (Lipinski definition) is 2. The van der Waals surface area contributed by atoms with Crippen LogP contribution in [0.2, 0.25) is 0 Å². The Morgan fingerprint density at radius 2 is 1.86 bits per heavy atom. The largest absolute Gasteiger partial charge is 0.492 e. The van der Waals surface area contributed by atoms with Crippen LogP contribution in [0.5, 0.6) is 17.2 Å². The van der Waals surface area contributed by atoms with Crippen LogP contribution in [0.15, 0.2) is 48.8 Å². The Morgan fingerprint density at radius 3 is 2.66 bits per heavy atom. The van der Waals surface area contributed by atoms with Crippen molar-refractivity contribution < 1.29 is 19.1 Å². The van der Waals surface area contributed by atoms with Gasteiger partial charge < -0.3 is 24.8 Å². The van der Waals surface area contributed by atoms with Crippen molar-refractivity contribution >= 4 is 28.7 Å². The van der Waals surface area contributed by atoms with Gasteiger partial charge in [-0.1, -0.05) is 12.1 Å². The van der Waals surface area contributed by atoms with Gasteiger partial charge in [-0.3, -0.25) is 10.1 Å². The highest BCUT2D eigenvalue weighted by molar-refractivity contribution is 5.78. The van der Waals surface area contributed by atoms with E-state index in [-0.39, 0.29) is 24.1 Å². The van der Waals surface area contributed by atoms with Gasteiger partial charge in [-0.15, -0.1) is 0 Å². The molecule has 0 saturated heterocycles. The maximum Gasteiger partial charge on any atom is 0.353 e. The van der Waals surface area contributed by atoms with Crippen LogP contribution in [0, 0.1) is 10.1 Å². The lowest BCUT2D eigenvalue weighted by atomic mass is 10.2. The molecular formula is C19H17N5O5. The summed E-state index contributed by atoms with van der Waals surface area (Å²) in [6.07, 6.45) is 1.24. The zero-order valence-corrected chi connectivity index (χ0v) is 15.4. The molecule has 1 aromatic heterocycles. The fraction of sp³-hybridized carbons (Fsp3) is 0.158. The van der Waals surface area contributed by atoms with Crippen molar-refractivity contribution in [2.45, 2.75) is 6.92 Å². The Bertz CT molecular complexity index is 1060. The summed E-state index contributed by atoms with van der Waals surface area (Å²) in [5.74, 6) is 1.81. The molecule has 2 N–H and O–H groups in total. The molecule has 0 aliphatic carbocycles. The first-order valence-electron chi connectivity index (χ1n) is 8.80. The van der Waals surface area contributed by atoms with E-state index in [0.29, 0.717) is 35.2 Å². The molecule has 1 aliphatic rings. The molecule has 148 valence electrons. The van der Waals surface area contributed by atoms with E-state index in [2.05, 4.69) is 20.6 Å². The minimum absolute atomic E-state index is 0.0419. The molecule has 2 aromatic carbocycles. The van der Waals surface area contributed by atoms with Crippen LogP contribution >= 0.6 is 0 Å². The Morgan fingerprint density at radius 1 is 1.10 bits per heavy atom. The normalized spacial score (nSPS) is 11.8. The van der Waals surface area contributed by atoms with Gasteiger partial charge >= 0.3 is 5.69 Å². The first kappa shape index (κ1) is 18.3. The molecule has 3 aromatic rings. The number of para-hydroxylation sites is 2. The van der Waals surface area contributed by atoms with Gasteiger partial charge in [0.1, 0.15) is 12.1 Å². The topological polar surface area (TPSA) is 121 Å². The average Bonchev–Trinajstić information content (AvgIpc) is 3.17. The van der Waals surface area contributed by atoms with Gasteiger partial charge in [0.2, 0.25) is 18.4 Å². The molecule has 0 fully saturated rings. The van der Waals surface area contributed by atoms with E-state index in [9.17, 15) is 10.1 Å². The number of nitro groups is 1. The second kappa shape index (κ2) is 7.89. The molecule has 0 amide bonds. The monoisotopic (exact) mass is 395 g/mol. The van der Waals surface area contributed by atoms with Crippen LogP contribution in [0.3, 0.4) is 0 Å². The summed E-state index contributed by atoms with van der Waals surface area (Å²) in [6.45, 7) is 2.46. The highest BCUT2D eigenvalue weighted by atomic mass is 16.7. The standard InChI is InChI=1S/C19H17N5O5/c1-2-27-14-6-4-3-5-13(14)23-19-17(24(25)26)18(20-10-21-19)22-12-7-8-15-16(9-12)29-11-28-15/h3-10H,2,11H2,1H3,(H2,20,21,22,23). The molecule has 0 unspecified atom stereocenters. The second-order valence-electron chi connectivity index (χ2n) is 5.92. The molecule has 0 bridgehead atoms. The number of anilines is 4. The molecule has 0 spiro atoms. The maximum absolute atomic E-state index is 11.8. The van der Waals surface area contributed by atoms with E-state index < -0.39 is 4.92 Å². The fourth-order valence-corrected chi connectivity index (χ4v) is 2.82. The maximum atomic E-state index is 11.8. The number of fused-ring (bicyclic) bond motifs is 1. The number of hydrogen-bond acceptors (Lipinski definition) is 9. The van der Waals surface area contributed by atoms with E-state index in [1.54, 1.807) is 36.4 Å². The SMILES string of the molecule is CCOc1ccccc1Nc1ncnc(Nc2ccc3c(c2)OCO3)c1[N+](=O)[O-]. The summed E-state index contributed by atoms with van der Waals surface area (Å²) in [5, 5.41) is 17.7. The number of benzene rings is 2. The molecule has 0 saturated carbocycles. The van der Waals surface area contributed by atoms with Crippen molar-refractivity contribution in [3.05, 3.63) is 58.9 Å². The van der Waals surface area contributed by atoms with Crippen LogP contribution < -0.4 is 24.8 Å². The molecule has 2 heterocycles. The van der Waals surface area contributed by atoms with E-state index >= 15 is 0 Å². The quantitative estimate of drug-likeness (QED) is 0.451. The summed E-state index contributed by atoms with van der Waals surface area (Å²) in [5.41, 5.74) is 0.832. The van der Waals surface area contributed by atoms with Crippen LogP contribution in [-0.4, -0.2) is 28.3 Å². The molecule has 10 heteroatoms. The number of ether oxygens (including phenoxy) is 3. The predicted molar refractivity (Wildman–Crippen MR) is 105 cm³/mol. The van der Waals surface area contributed by atoms with E-state index in [1.807, 2.05) is 13.0 Å². The molecule has 1 aliphatic heterocycles. The molecule has 0 atom stereocenters. The molecule has 0 radical (unpaired) electrons. The lowest BCUT2D eigenvalue weighted by Crippen LogP contribution is -2.06. The van der Waals surface area contributed by atoms with Gasteiger partial charge in [-0.25, -0.2) is 9.97 Å². The first-order valence-corrected chi connectivity index (χ1v) is 8.80. The van der Waals surface area contributed by atoms with Crippen molar-refractivity contribution in [1.29, 1.82) is 0 Å². The molecule has 10 nitrogen and oxygen atoms in total. The van der Waals surface area contributed by atoms with Crippen LogP contribution in [0.25, 0.3) is 0 Å². The van der Waals surface area contributed by atoms with E-state index in [4.69, 9.17) is 14.2 Å². The number of rotatable bonds is 7. The lowest BCUT2D eigenvalue weighted by molar-refractivity contribution is -0.383. The van der Waals surface area contributed by atoms with Gasteiger partial charge in [0.05, 0.1) is 17.2 Å². The van der Waals surface area contributed by atoms with Gasteiger partial charge in [0.15, 0.2) is 11.5 Å². The lowest BCUT2D eigenvalue weighted by Gasteiger charge is -2.13. The minimum atomic E-state index is -0.541. The average molecular weight is 395 g/mol. The third-order valence-electron chi connectivity index (χ3n) is 4.08. The van der Waals surface area contributed by atoms with Crippen LogP contribution in [-0.2, 0) is 0 Å². The summed E-state index contributed by atoms with van der Waals surface area (Å²) in [4.78, 5) is 19.3. The minimum Gasteiger partial charge on any atom is -0.492 e. The highest BCUT2D eigenvalue weighted by Gasteiger charge is 2.24. The van der Waals surface area contributed by atoms with Gasteiger partial charge in [-0.2, -0.15) is 0 Å². The number of nitrogens with zero attached hydrogens (tertiary/aromatic N) is 3. The summed E-state index contributed by atoms with van der Waals surface area (Å²) >= 11 is 0. The zero-order chi connectivity index (χ0) is 20.2. The Labute approximate surface area is 165 Å². The first-order chi connectivity index (χ1) is 14.2. The Hall–Kier alpha value is -4.08. The van der Waals surface area contributed by atoms with Gasteiger partial charge in [-0.05, 0) is 31.2 Å².